The maximum atomic E-state index is 12.9. The van der Waals surface area contributed by atoms with E-state index in [-0.39, 0.29) is 18.1 Å². The molecule has 2 fully saturated rings. The van der Waals surface area contributed by atoms with Gasteiger partial charge in [-0.25, -0.2) is 9.78 Å². The van der Waals surface area contributed by atoms with E-state index in [9.17, 15) is 4.79 Å². The summed E-state index contributed by atoms with van der Waals surface area (Å²) >= 11 is 6.32. The standard InChI is InChI=1S/C21H25ClN4O/c1-14(2)15-5-7-16(8-6-15)24-21(27)26-17-9-10-18(26)13-25(12-17)20-19(22)4-3-11-23-20/h3-8,11,14,17-18H,9-10,12-13H2,1-2H3,(H,24,27). The highest BCUT2D eigenvalue weighted by Gasteiger charge is 2.43. The van der Waals surface area contributed by atoms with Crippen LogP contribution in [-0.4, -0.2) is 41.1 Å². The lowest BCUT2D eigenvalue weighted by Crippen LogP contribution is -2.57. The minimum atomic E-state index is -0.00781. The lowest BCUT2D eigenvalue weighted by atomic mass is 10.0. The van der Waals surface area contributed by atoms with Crippen molar-refractivity contribution in [1.29, 1.82) is 0 Å². The number of carbonyl (C=O) groups is 1. The number of nitrogens with zero attached hydrogens (tertiary/aromatic N) is 3. The maximum Gasteiger partial charge on any atom is 0.322 e. The number of aromatic nitrogens is 1. The minimum absolute atomic E-state index is 0.00781. The van der Waals surface area contributed by atoms with Gasteiger partial charge >= 0.3 is 6.03 Å². The lowest BCUT2D eigenvalue weighted by Gasteiger charge is -2.41. The number of halogens is 1. The van der Waals surface area contributed by atoms with Gasteiger partial charge in [-0.1, -0.05) is 37.6 Å². The lowest BCUT2D eigenvalue weighted by molar-refractivity contribution is 0.175. The number of nitrogens with one attached hydrogen (secondary N) is 1. The Morgan fingerprint density at radius 1 is 1.15 bits per heavy atom. The van der Waals surface area contributed by atoms with Crippen LogP contribution in [-0.2, 0) is 0 Å². The van der Waals surface area contributed by atoms with E-state index in [0.717, 1.165) is 37.4 Å². The highest BCUT2D eigenvalue weighted by Crippen LogP contribution is 2.34. The van der Waals surface area contributed by atoms with Crippen LogP contribution in [0.4, 0.5) is 16.3 Å². The normalized spacial score (nSPS) is 21.6. The van der Waals surface area contributed by atoms with Crippen molar-refractivity contribution in [2.75, 3.05) is 23.3 Å². The molecule has 4 rings (SSSR count). The average Bonchev–Trinajstić information content (AvgIpc) is 2.93. The Morgan fingerprint density at radius 3 is 2.41 bits per heavy atom. The third kappa shape index (κ3) is 3.61. The molecule has 27 heavy (non-hydrogen) atoms. The highest BCUT2D eigenvalue weighted by molar-refractivity contribution is 6.32. The van der Waals surface area contributed by atoms with E-state index in [1.807, 2.05) is 29.2 Å². The van der Waals surface area contributed by atoms with Crippen molar-refractivity contribution in [1.82, 2.24) is 9.88 Å². The Labute approximate surface area is 165 Å². The molecule has 2 unspecified atom stereocenters. The molecule has 2 aliphatic rings. The third-order valence-corrected chi connectivity index (χ3v) is 5.88. The Hall–Kier alpha value is -2.27. The van der Waals surface area contributed by atoms with Crippen LogP contribution in [0.25, 0.3) is 0 Å². The second kappa shape index (κ2) is 7.39. The summed E-state index contributed by atoms with van der Waals surface area (Å²) in [4.78, 5) is 21.6. The third-order valence-electron chi connectivity index (χ3n) is 5.58. The monoisotopic (exact) mass is 384 g/mol. The van der Waals surface area contributed by atoms with Crippen LogP contribution in [0.3, 0.4) is 0 Å². The highest BCUT2D eigenvalue weighted by atomic mass is 35.5. The molecule has 0 spiro atoms. The van der Waals surface area contributed by atoms with Crippen LogP contribution >= 0.6 is 11.6 Å². The Balaban J connectivity index is 1.45. The quantitative estimate of drug-likeness (QED) is 0.831. The number of hydrogen-bond acceptors (Lipinski definition) is 3. The van der Waals surface area contributed by atoms with Crippen LogP contribution in [0.5, 0.6) is 0 Å². The van der Waals surface area contributed by atoms with Gasteiger partial charge in [0.15, 0.2) is 0 Å². The molecule has 2 aromatic rings. The molecule has 1 aromatic carbocycles. The number of piperazine rings is 1. The van der Waals surface area contributed by atoms with E-state index in [2.05, 4.69) is 41.2 Å². The molecule has 2 atom stereocenters. The number of amides is 2. The molecule has 0 radical (unpaired) electrons. The molecular formula is C21H25ClN4O. The molecule has 5 nitrogen and oxygen atoms in total. The van der Waals surface area contributed by atoms with Crippen molar-refractivity contribution in [2.24, 2.45) is 0 Å². The van der Waals surface area contributed by atoms with Crippen molar-refractivity contribution < 1.29 is 4.79 Å². The van der Waals surface area contributed by atoms with Crippen molar-refractivity contribution in [3.8, 4) is 0 Å². The van der Waals surface area contributed by atoms with Gasteiger partial charge < -0.3 is 15.1 Å². The number of anilines is 2. The maximum absolute atomic E-state index is 12.9. The van der Waals surface area contributed by atoms with E-state index >= 15 is 0 Å². The second-order valence-electron chi connectivity index (χ2n) is 7.71. The van der Waals surface area contributed by atoms with E-state index in [1.54, 1.807) is 6.20 Å². The number of urea groups is 1. The fourth-order valence-electron chi connectivity index (χ4n) is 4.16. The van der Waals surface area contributed by atoms with Crippen molar-refractivity contribution in [2.45, 2.75) is 44.7 Å². The van der Waals surface area contributed by atoms with E-state index in [0.29, 0.717) is 10.9 Å². The summed E-state index contributed by atoms with van der Waals surface area (Å²) in [5, 5.41) is 3.74. The summed E-state index contributed by atoms with van der Waals surface area (Å²) in [6, 6.07) is 12.2. The fourth-order valence-corrected chi connectivity index (χ4v) is 4.40. The van der Waals surface area contributed by atoms with Gasteiger partial charge in [-0.3, -0.25) is 0 Å². The molecule has 142 valence electrons. The van der Waals surface area contributed by atoms with Gasteiger partial charge in [-0.05, 0) is 48.6 Å². The zero-order chi connectivity index (χ0) is 19.0. The number of hydrogen-bond donors (Lipinski definition) is 1. The van der Waals surface area contributed by atoms with Gasteiger partial charge in [-0.15, -0.1) is 0 Å². The number of carbonyl (C=O) groups excluding carboxylic acids is 1. The molecule has 2 saturated heterocycles. The van der Waals surface area contributed by atoms with Crippen LogP contribution in [0.15, 0.2) is 42.6 Å². The molecule has 1 aromatic heterocycles. The van der Waals surface area contributed by atoms with Crippen LogP contribution in [0, 0.1) is 0 Å². The number of pyridine rings is 1. The van der Waals surface area contributed by atoms with Gasteiger partial charge in [0.1, 0.15) is 5.82 Å². The first kappa shape index (κ1) is 18.1. The average molecular weight is 385 g/mol. The van der Waals surface area contributed by atoms with Gasteiger partial charge in [0.2, 0.25) is 0 Å². The van der Waals surface area contributed by atoms with Gasteiger partial charge in [-0.2, -0.15) is 0 Å². The summed E-state index contributed by atoms with van der Waals surface area (Å²) in [6.45, 7) is 5.87. The van der Waals surface area contributed by atoms with Gasteiger partial charge in [0.25, 0.3) is 0 Å². The summed E-state index contributed by atoms with van der Waals surface area (Å²) in [7, 11) is 0. The fraction of sp³-hybridized carbons (Fsp3) is 0.429. The second-order valence-corrected chi connectivity index (χ2v) is 8.12. The molecule has 0 aliphatic carbocycles. The molecule has 6 heteroatoms. The Kier molecular flexibility index (Phi) is 4.96. The van der Waals surface area contributed by atoms with Crippen molar-refractivity contribution in [3.63, 3.8) is 0 Å². The first-order valence-electron chi connectivity index (χ1n) is 9.57. The number of fused-ring (bicyclic) bond motifs is 2. The van der Waals surface area contributed by atoms with Crippen molar-refractivity contribution >= 4 is 29.1 Å². The minimum Gasteiger partial charge on any atom is -0.351 e. The summed E-state index contributed by atoms with van der Waals surface area (Å²) in [6.07, 6.45) is 3.81. The topological polar surface area (TPSA) is 48.5 Å². The SMILES string of the molecule is CC(C)c1ccc(NC(=O)N2C3CCC2CN(c2ncccc2Cl)C3)cc1. The number of rotatable bonds is 3. The summed E-state index contributed by atoms with van der Waals surface area (Å²) < 4.78 is 0. The van der Waals surface area contributed by atoms with E-state index < -0.39 is 0 Å². The van der Waals surface area contributed by atoms with E-state index in [4.69, 9.17) is 11.6 Å². The van der Waals surface area contributed by atoms with E-state index in [1.165, 1.54) is 5.56 Å². The molecule has 2 bridgehead atoms. The zero-order valence-corrected chi connectivity index (χ0v) is 16.5. The van der Waals surface area contributed by atoms with Crippen molar-refractivity contribution in [3.05, 3.63) is 53.2 Å². The predicted molar refractivity (Wildman–Crippen MR) is 110 cm³/mol. The Bertz CT molecular complexity index is 809. The van der Waals surface area contributed by atoms with Crippen LogP contribution in [0.1, 0.15) is 38.2 Å². The van der Waals surface area contributed by atoms with Gasteiger partial charge in [0.05, 0.1) is 17.1 Å². The van der Waals surface area contributed by atoms with Crippen LogP contribution < -0.4 is 10.2 Å². The van der Waals surface area contributed by atoms with Crippen LogP contribution in [0.2, 0.25) is 5.02 Å². The summed E-state index contributed by atoms with van der Waals surface area (Å²) in [5.74, 6) is 1.30. The first-order valence-corrected chi connectivity index (χ1v) is 9.95. The largest absolute Gasteiger partial charge is 0.351 e. The molecular weight excluding hydrogens is 360 g/mol. The van der Waals surface area contributed by atoms with Gasteiger partial charge in [0, 0.05) is 25.0 Å². The Morgan fingerprint density at radius 2 is 1.81 bits per heavy atom. The first-order chi connectivity index (χ1) is 13.0. The molecule has 1 N–H and O–H groups in total. The smallest absolute Gasteiger partial charge is 0.322 e. The molecule has 3 heterocycles. The molecule has 0 saturated carbocycles. The predicted octanol–water partition coefficient (Wildman–Crippen LogP) is 4.74. The summed E-state index contributed by atoms with van der Waals surface area (Å²) in [5.41, 5.74) is 2.12. The zero-order valence-electron chi connectivity index (χ0n) is 15.7. The molecule has 2 aliphatic heterocycles. The molecule has 2 amide bonds. The number of benzene rings is 1.